The number of hydrogen-bond donors (Lipinski definition) is 2. The van der Waals surface area contributed by atoms with Crippen LogP contribution in [-0.4, -0.2) is 32.4 Å². The molecule has 2 N–H and O–H groups in total. The number of urea groups is 1. The lowest BCUT2D eigenvalue weighted by Gasteiger charge is -2.26. The van der Waals surface area contributed by atoms with Crippen molar-refractivity contribution in [3.63, 3.8) is 0 Å². The molecule has 0 aromatic heterocycles. The molecule has 20 heavy (non-hydrogen) atoms. The van der Waals surface area contributed by atoms with E-state index < -0.39 is 16.2 Å². The Morgan fingerprint density at radius 2 is 1.75 bits per heavy atom. The maximum atomic E-state index is 11.8. The summed E-state index contributed by atoms with van der Waals surface area (Å²) in [4.78, 5) is 13.4. The summed E-state index contributed by atoms with van der Waals surface area (Å²) in [6.07, 6.45) is 2.93. The van der Waals surface area contributed by atoms with Gasteiger partial charge in [0.2, 0.25) is 0 Å². The number of rotatable bonds is 4. The van der Waals surface area contributed by atoms with Gasteiger partial charge in [-0.15, -0.1) is 0 Å². The molecule has 0 aliphatic carbocycles. The molecule has 1 saturated heterocycles. The van der Waals surface area contributed by atoms with E-state index in [1.165, 1.54) is 4.90 Å². The number of amides is 2. The molecule has 0 bridgehead atoms. The fraction of sp³-hybridized carbons (Fsp3) is 0.462. The van der Waals surface area contributed by atoms with E-state index in [4.69, 9.17) is 0 Å². The molecule has 0 unspecified atom stereocenters. The zero-order chi connectivity index (χ0) is 14.4. The molecular weight excluding hydrogens is 278 g/mol. The molecule has 7 heteroatoms. The quantitative estimate of drug-likeness (QED) is 0.877. The third-order valence-corrected chi connectivity index (χ3v) is 4.14. The first kappa shape index (κ1) is 14.8. The molecule has 1 aliphatic rings. The van der Waals surface area contributed by atoms with E-state index in [9.17, 15) is 13.2 Å². The van der Waals surface area contributed by atoms with Gasteiger partial charge in [-0.25, -0.2) is 9.52 Å². The minimum absolute atomic E-state index is 0.156. The molecule has 110 valence electrons. The van der Waals surface area contributed by atoms with Gasteiger partial charge < -0.3 is 4.90 Å². The lowest BCUT2D eigenvalue weighted by atomic mass is 10.1. The Bertz CT molecular complexity index is 539. The van der Waals surface area contributed by atoms with Gasteiger partial charge in [-0.3, -0.25) is 0 Å². The number of carbonyl (C=O) groups is 1. The molecule has 1 fully saturated rings. The van der Waals surface area contributed by atoms with Gasteiger partial charge in [0.1, 0.15) is 0 Å². The van der Waals surface area contributed by atoms with Crippen LogP contribution >= 0.6 is 0 Å². The fourth-order valence-electron chi connectivity index (χ4n) is 2.09. The SMILES string of the molecule is O=C(NS(=O)(=O)NCc1ccccc1)N1CCCCC1. The van der Waals surface area contributed by atoms with Crippen molar-refractivity contribution in [1.29, 1.82) is 0 Å². The molecule has 2 amide bonds. The van der Waals surface area contributed by atoms with Gasteiger partial charge in [-0.1, -0.05) is 30.3 Å². The zero-order valence-electron chi connectivity index (χ0n) is 11.2. The van der Waals surface area contributed by atoms with E-state index in [2.05, 4.69) is 4.72 Å². The molecular formula is C13H19N3O3S. The first-order valence-corrected chi connectivity index (χ1v) is 8.15. The Balaban J connectivity index is 1.85. The van der Waals surface area contributed by atoms with Crippen molar-refractivity contribution in [1.82, 2.24) is 14.3 Å². The summed E-state index contributed by atoms with van der Waals surface area (Å²) < 4.78 is 28.0. The standard InChI is InChI=1S/C13H19N3O3S/c17-13(16-9-5-2-6-10-16)15-20(18,19)14-11-12-7-3-1-4-8-12/h1,3-4,7-8,14H,2,5-6,9-11H2,(H,15,17). The topological polar surface area (TPSA) is 78.5 Å². The van der Waals surface area contributed by atoms with Crippen LogP contribution in [0.2, 0.25) is 0 Å². The van der Waals surface area contributed by atoms with Crippen LogP contribution in [-0.2, 0) is 16.8 Å². The van der Waals surface area contributed by atoms with Crippen LogP contribution < -0.4 is 9.44 Å². The van der Waals surface area contributed by atoms with E-state index in [-0.39, 0.29) is 6.54 Å². The summed E-state index contributed by atoms with van der Waals surface area (Å²) in [5.74, 6) is 0. The van der Waals surface area contributed by atoms with E-state index in [0.29, 0.717) is 13.1 Å². The fourth-order valence-corrected chi connectivity index (χ4v) is 2.87. The summed E-state index contributed by atoms with van der Waals surface area (Å²) in [5.41, 5.74) is 0.836. The monoisotopic (exact) mass is 297 g/mol. The van der Waals surface area contributed by atoms with Crippen LogP contribution in [0.15, 0.2) is 30.3 Å². The second-order valence-electron chi connectivity index (χ2n) is 4.77. The maximum Gasteiger partial charge on any atom is 0.332 e. The number of nitrogens with zero attached hydrogens (tertiary/aromatic N) is 1. The van der Waals surface area contributed by atoms with E-state index in [0.717, 1.165) is 24.8 Å². The lowest BCUT2D eigenvalue weighted by molar-refractivity contribution is 0.192. The summed E-state index contributed by atoms with van der Waals surface area (Å²) in [6.45, 7) is 1.38. The number of piperidine rings is 1. The minimum atomic E-state index is -3.82. The number of likely N-dealkylation sites (tertiary alicyclic amines) is 1. The van der Waals surface area contributed by atoms with Crippen molar-refractivity contribution in [2.75, 3.05) is 13.1 Å². The Hall–Kier alpha value is -1.60. The van der Waals surface area contributed by atoms with Gasteiger partial charge in [0, 0.05) is 19.6 Å². The highest BCUT2D eigenvalue weighted by molar-refractivity contribution is 7.88. The van der Waals surface area contributed by atoms with Crippen molar-refractivity contribution in [2.45, 2.75) is 25.8 Å². The zero-order valence-corrected chi connectivity index (χ0v) is 12.0. The van der Waals surface area contributed by atoms with Crippen LogP contribution in [0.5, 0.6) is 0 Å². The Labute approximate surface area is 119 Å². The third kappa shape index (κ3) is 4.50. The van der Waals surface area contributed by atoms with Gasteiger partial charge in [-0.05, 0) is 24.8 Å². The highest BCUT2D eigenvalue weighted by atomic mass is 32.2. The summed E-state index contributed by atoms with van der Waals surface area (Å²) >= 11 is 0. The third-order valence-electron chi connectivity index (χ3n) is 3.17. The predicted octanol–water partition coefficient (Wildman–Crippen LogP) is 1.22. The van der Waals surface area contributed by atoms with Crippen LogP contribution in [0.1, 0.15) is 24.8 Å². The van der Waals surface area contributed by atoms with Gasteiger partial charge in [0.15, 0.2) is 0 Å². The van der Waals surface area contributed by atoms with Crippen molar-refractivity contribution >= 4 is 16.2 Å². The van der Waals surface area contributed by atoms with Crippen LogP contribution in [0.4, 0.5) is 4.79 Å². The highest BCUT2D eigenvalue weighted by Gasteiger charge is 2.21. The summed E-state index contributed by atoms with van der Waals surface area (Å²) in [5, 5.41) is 0. The van der Waals surface area contributed by atoms with Gasteiger partial charge in [0.25, 0.3) is 0 Å². The first-order chi connectivity index (χ1) is 9.57. The molecule has 2 rings (SSSR count). The number of hydrogen-bond acceptors (Lipinski definition) is 3. The predicted molar refractivity (Wildman–Crippen MR) is 76.2 cm³/mol. The normalized spacial score (nSPS) is 15.9. The lowest BCUT2D eigenvalue weighted by Crippen LogP contribution is -2.48. The molecule has 0 saturated carbocycles. The van der Waals surface area contributed by atoms with Crippen LogP contribution in [0.3, 0.4) is 0 Å². The van der Waals surface area contributed by atoms with E-state index in [1.807, 2.05) is 35.1 Å². The van der Waals surface area contributed by atoms with Gasteiger partial charge in [0.05, 0.1) is 0 Å². The molecule has 6 nitrogen and oxygen atoms in total. The van der Waals surface area contributed by atoms with Crippen molar-refractivity contribution in [2.24, 2.45) is 0 Å². The first-order valence-electron chi connectivity index (χ1n) is 6.67. The Morgan fingerprint density at radius 3 is 2.40 bits per heavy atom. The molecule has 0 spiro atoms. The molecule has 0 radical (unpaired) electrons. The van der Waals surface area contributed by atoms with Crippen LogP contribution in [0.25, 0.3) is 0 Å². The smallest absolute Gasteiger partial charge is 0.324 e. The van der Waals surface area contributed by atoms with Crippen LogP contribution in [0, 0.1) is 0 Å². The average molecular weight is 297 g/mol. The second-order valence-corrected chi connectivity index (χ2v) is 6.26. The Morgan fingerprint density at radius 1 is 1.10 bits per heavy atom. The largest absolute Gasteiger partial charge is 0.332 e. The van der Waals surface area contributed by atoms with E-state index in [1.54, 1.807) is 0 Å². The summed E-state index contributed by atoms with van der Waals surface area (Å²) in [6, 6.07) is 8.59. The number of benzene rings is 1. The van der Waals surface area contributed by atoms with Crippen molar-refractivity contribution in [3.8, 4) is 0 Å². The highest BCUT2D eigenvalue weighted by Crippen LogP contribution is 2.08. The molecule has 0 atom stereocenters. The van der Waals surface area contributed by atoms with Crippen molar-refractivity contribution in [3.05, 3.63) is 35.9 Å². The average Bonchev–Trinajstić information content (AvgIpc) is 2.47. The maximum absolute atomic E-state index is 11.8. The molecule has 1 heterocycles. The number of nitrogens with one attached hydrogen (secondary N) is 2. The van der Waals surface area contributed by atoms with Gasteiger partial charge in [-0.2, -0.15) is 13.1 Å². The van der Waals surface area contributed by atoms with Crippen molar-refractivity contribution < 1.29 is 13.2 Å². The minimum Gasteiger partial charge on any atom is -0.324 e. The molecule has 1 aromatic rings. The Kier molecular flexibility index (Phi) is 4.97. The van der Waals surface area contributed by atoms with E-state index >= 15 is 0 Å². The summed E-state index contributed by atoms with van der Waals surface area (Å²) in [7, 11) is -3.82. The van der Waals surface area contributed by atoms with Gasteiger partial charge >= 0.3 is 16.2 Å². The number of carbonyl (C=O) groups excluding carboxylic acids is 1. The molecule has 1 aromatic carbocycles. The molecule has 1 aliphatic heterocycles. The second kappa shape index (κ2) is 6.71.